The van der Waals surface area contributed by atoms with E-state index in [9.17, 15) is 23.2 Å². The van der Waals surface area contributed by atoms with E-state index in [2.05, 4.69) is 10.1 Å². The van der Waals surface area contributed by atoms with E-state index in [0.29, 0.717) is 5.70 Å². The van der Waals surface area contributed by atoms with E-state index >= 15 is 0 Å². The number of halogens is 2. The summed E-state index contributed by atoms with van der Waals surface area (Å²) in [7, 11) is 1.00. The number of nitrogens with one attached hydrogen (secondary N) is 1. The van der Waals surface area contributed by atoms with Crippen molar-refractivity contribution in [1.82, 2.24) is 5.32 Å². The summed E-state index contributed by atoms with van der Waals surface area (Å²) in [6, 6.07) is 0.729. The fraction of sp³-hybridized carbons (Fsp3) is 0.267. The fourth-order valence-corrected chi connectivity index (χ4v) is 2.65. The molecule has 0 aliphatic carbocycles. The number of carbonyl (C=O) groups is 3. The summed E-state index contributed by atoms with van der Waals surface area (Å²) < 4.78 is 30.1. The van der Waals surface area contributed by atoms with Crippen LogP contribution in [0.5, 0.6) is 0 Å². The van der Waals surface area contributed by atoms with E-state index in [1.54, 1.807) is 0 Å². The van der Waals surface area contributed by atoms with Crippen molar-refractivity contribution in [2.24, 2.45) is 0 Å². The average molecular weight is 341 g/mol. The van der Waals surface area contributed by atoms with Crippen LogP contribution in [-0.2, 0) is 9.53 Å². The molecule has 3 amide bonds. The van der Waals surface area contributed by atoms with Crippen molar-refractivity contribution in [2.75, 3.05) is 13.7 Å². The molecule has 128 valence electrons. The molecule has 0 spiro atoms. The molecule has 1 heterocycles. The van der Waals surface area contributed by atoms with Gasteiger partial charge in [0.2, 0.25) is 0 Å². The molecule has 2 rings (SSSR count). The largest absolute Gasteiger partial charge is 0.526 e. The molecular weight excluding hydrogens is 326 g/mol. The third-order valence-electron chi connectivity index (χ3n) is 3.72. The zero-order valence-corrected chi connectivity index (χ0v) is 12.9. The van der Waals surface area contributed by atoms with Crippen molar-refractivity contribution in [3.05, 3.63) is 47.2 Å². The van der Waals surface area contributed by atoms with Crippen LogP contribution in [0.3, 0.4) is 0 Å². The summed E-state index contributed by atoms with van der Waals surface area (Å²) in [5.74, 6) is -3.71. The number of imide groups is 1. The van der Waals surface area contributed by atoms with E-state index in [4.69, 9.17) is 5.11 Å². The van der Waals surface area contributed by atoms with Crippen LogP contribution in [0.1, 0.15) is 18.5 Å². The zero-order chi connectivity index (χ0) is 18.1. The molecule has 2 N–H and O–H groups in total. The normalized spacial score (nSPS) is 23.2. The van der Waals surface area contributed by atoms with Gasteiger partial charge in [0.1, 0.15) is 0 Å². The Morgan fingerprint density at radius 2 is 2.00 bits per heavy atom. The summed E-state index contributed by atoms with van der Waals surface area (Å²) in [5, 5.41) is 11.5. The molecule has 1 aromatic rings. The average Bonchev–Trinajstić information content (AvgIpc) is 2.51. The molecule has 0 saturated carbocycles. The van der Waals surface area contributed by atoms with Crippen LogP contribution in [0.15, 0.2) is 30.0 Å². The second kappa shape index (κ2) is 6.36. The Bertz CT molecular complexity index is 749. The first kappa shape index (κ1) is 17.5. The Morgan fingerprint density at radius 3 is 2.54 bits per heavy atom. The molecule has 1 aliphatic rings. The molecule has 24 heavy (non-hydrogen) atoms. The zero-order valence-electron chi connectivity index (χ0n) is 12.9. The van der Waals surface area contributed by atoms with Gasteiger partial charge in [0.15, 0.2) is 24.2 Å². The molecule has 0 fully saturated rings. The second-order valence-electron chi connectivity index (χ2n) is 5.29. The molecule has 2 unspecified atom stereocenters. The van der Waals surface area contributed by atoms with Gasteiger partial charge in [0, 0.05) is 11.3 Å². The lowest BCUT2D eigenvalue weighted by atomic mass is 9.99. The Labute approximate surface area is 135 Å². The van der Waals surface area contributed by atoms with E-state index in [1.165, 1.54) is 19.1 Å². The van der Waals surface area contributed by atoms with Crippen molar-refractivity contribution in [1.29, 1.82) is 0 Å². The highest BCUT2D eigenvalue weighted by Crippen LogP contribution is 2.36. The van der Waals surface area contributed by atoms with Gasteiger partial charge in [-0.25, -0.2) is 18.4 Å². The standard InChI is InChI=1S/C15H14F2N2O5/c1-8-5-12(9-3-4-10(16)11(17)6-9)19(7-13(20)21,14(22)18-8)15(23)24-2/h3-6,12H,7H2,1-2H3,(H-,18,20,21,22)/p+1. The van der Waals surface area contributed by atoms with Gasteiger partial charge in [-0.3, -0.25) is 5.32 Å². The maximum Gasteiger partial charge on any atom is 0.526 e. The smallest absolute Gasteiger partial charge is 0.477 e. The topological polar surface area (TPSA) is 92.7 Å². The summed E-state index contributed by atoms with van der Waals surface area (Å²) in [5.41, 5.74) is 0.410. The number of ether oxygens (including phenoxy) is 1. The van der Waals surface area contributed by atoms with Gasteiger partial charge >= 0.3 is 18.1 Å². The van der Waals surface area contributed by atoms with Gasteiger partial charge in [-0.05, 0) is 31.2 Å². The minimum Gasteiger partial charge on any atom is -0.477 e. The number of allylic oxidation sites excluding steroid dienone is 1. The number of carbonyl (C=O) groups excluding carboxylic acids is 2. The predicted octanol–water partition coefficient (Wildman–Crippen LogP) is 2.30. The van der Waals surface area contributed by atoms with Crippen LogP contribution < -0.4 is 5.32 Å². The number of hydrogen-bond donors (Lipinski definition) is 2. The van der Waals surface area contributed by atoms with Gasteiger partial charge in [-0.15, -0.1) is 4.48 Å². The molecule has 0 aromatic heterocycles. The Balaban J connectivity index is 2.70. The van der Waals surface area contributed by atoms with E-state index in [-0.39, 0.29) is 5.56 Å². The minimum atomic E-state index is -1.43. The number of aliphatic carboxylic acids is 1. The molecule has 0 saturated heterocycles. The number of hydrogen-bond acceptors (Lipinski definition) is 4. The van der Waals surface area contributed by atoms with Gasteiger partial charge in [-0.1, -0.05) is 0 Å². The SMILES string of the molecule is COC(=O)[N+]1(CC(=O)O)C(=O)NC(C)=CC1c1ccc(F)c(F)c1. The molecule has 0 radical (unpaired) electrons. The predicted molar refractivity (Wildman–Crippen MR) is 76.6 cm³/mol. The highest BCUT2D eigenvalue weighted by Gasteiger charge is 2.56. The first-order valence-electron chi connectivity index (χ1n) is 6.85. The van der Waals surface area contributed by atoms with Crippen molar-refractivity contribution in [2.45, 2.75) is 13.0 Å². The van der Waals surface area contributed by atoms with Crippen molar-refractivity contribution < 1.29 is 37.5 Å². The van der Waals surface area contributed by atoms with Crippen LogP contribution >= 0.6 is 0 Å². The van der Waals surface area contributed by atoms with Crippen molar-refractivity contribution in [3.8, 4) is 0 Å². The molecule has 7 nitrogen and oxygen atoms in total. The third-order valence-corrected chi connectivity index (χ3v) is 3.72. The monoisotopic (exact) mass is 341 g/mol. The molecular formula is C15H15F2N2O5+. The first-order chi connectivity index (χ1) is 11.2. The molecule has 1 aromatic carbocycles. The first-order valence-corrected chi connectivity index (χ1v) is 6.85. The minimum absolute atomic E-state index is 0.0646. The maximum atomic E-state index is 13.6. The van der Waals surface area contributed by atoms with Gasteiger partial charge in [0.05, 0.1) is 7.11 Å². The number of amides is 3. The molecule has 1 aliphatic heterocycles. The molecule has 9 heteroatoms. The van der Waals surface area contributed by atoms with Crippen LogP contribution in [0.2, 0.25) is 0 Å². The summed E-state index contributed by atoms with van der Waals surface area (Å²) in [4.78, 5) is 36.1. The number of urea groups is 1. The van der Waals surface area contributed by atoms with Crippen LogP contribution in [-0.4, -0.2) is 41.3 Å². The highest BCUT2D eigenvalue weighted by molar-refractivity contribution is 5.85. The molecule has 0 bridgehead atoms. The number of methoxy groups -OCH3 is 1. The van der Waals surface area contributed by atoms with Gasteiger partial charge in [0.25, 0.3) is 0 Å². The summed E-state index contributed by atoms with van der Waals surface area (Å²) >= 11 is 0. The highest BCUT2D eigenvalue weighted by atomic mass is 19.2. The number of carboxylic acid groups (broad SMARTS) is 1. The van der Waals surface area contributed by atoms with Crippen LogP contribution in [0, 0.1) is 11.6 Å². The lowest BCUT2D eigenvalue weighted by Crippen LogP contribution is -2.65. The Hall–Kier alpha value is -2.81. The third kappa shape index (κ3) is 2.85. The number of rotatable bonds is 3. The summed E-state index contributed by atoms with van der Waals surface area (Å²) in [6.45, 7) is 0.600. The van der Waals surface area contributed by atoms with Crippen LogP contribution in [0.4, 0.5) is 18.4 Å². The van der Waals surface area contributed by atoms with Crippen molar-refractivity contribution in [3.63, 3.8) is 0 Å². The number of carboxylic acids is 1. The number of quaternary nitrogens is 1. The van der Waals surface area contributed by atoms with Gasteiger partial charge in [-0.2, -0.15) is 4.79 Å². The Kier molecular flexibility index (Phi) is 4.65. The van der Waals surface area contributed by atoms with E-state index in [1.807, 2.05) is 0 Å². The maximum absolute atomic E-state index is 13.6. The van der Waals surface area contributed by atoms with Crippen molar-refractivity contribution >= 4 is 18.1 Å². The number of benzene rings is 1. The molecule has 2 atom stereocenters. The van der Waals surface area contributed by atoms with E-state index in [0.717, 1.165) is 19.2 Å². The quantitative estimate of drug-likeness (QED) is 0.823. The number of nitrogens with zero attached hydrogens (tertiary/aromatic N) is 1. The van der Waals surface area contributed by atoms with Gasteiger partial charge < -0.3 is 9.84 Å². The second-order valence-corrected chi connectivity index (χ2v) is 5.29. The van der Waals surface area contributed by atoms with Crippen LogP contribution in [0.25, 0.3) is 0 Å². The fourth-order valence-electron chi connectivity index (χ4n) is 2.65. The Morgan fingerprint density at radius 1 is 1.33 bits per heavy atom. The lowest BCUT2D eigenvalue weighted by Gasteiger charge is -2.38. The summed E-state index contributed by atoms with van der Waals surface area (Å²) in [6.07, 6.45) is 0.266. The van der Waals surface area contributed by atoms with E-state index < -0.39 is 46.8 Å². The lowest BCUT2D eigenvalue weighted by molar-refractivity contribution is -0.797.